The predicted octanol–water partition coefficient (Wildman–Crippen LogP) is 2.17. The molecule has 1 saturated heterocycles. The molecule has 0 saturated carbocycles. The lowest BCUT2D eigenvalue weighted by Crippen LogP contribution is -2.26. The second-order valence-corrected chi connectivity index (χ2v) is 5.31. The molecule has 0 radical (unpaired) electrons. The molecule has 4 nitrogen and oxygen atoms in total. The van der Waals surface area contributed by atoms with Crippen LogP contribution in [0.15, 0.2) is 24.3 Å². The van der Waals surface area contributed by atoms with Gasteiger partial charge in [-0.1, -0.05) is 6.92 Å². The molecule has 20 heavy (non-hydrogen) atoms. The first kappa shape index (κ1) is 15.1. The van der Waals surface area contributed by atoms with Crippen molar-refractivity contribution in [1.82, 2.24) is 4.90 Å². The smallest absolute Gasteiger partial charge is 0.119 e. The minimum Gasteiger partial charge on any atom is -0.494 e. The lowest BCUT2D eigenvalue weighted by molar-refractivity contribution is 0.204. The van der Waals surface area contributed by atoms with Crippen LogP contribution in [0, 0.1) is 5.92 Å². The first-order valence-electron chi connectivity index (χ1n) is 7.50. The zero-order valence-electron chi connectivity index (χ0n) is 12.3. The molecule has 1 heterocycles. The molecule has 1 fully saturated rings. The number of hydrogen-bond acceptors (Lipinski definition) is 4. The Kier molecular flexibility index (Phi) is 6.15. The largest absolute Gasteiger partial charge is 0.494 e. The highest BCUT2D eigenvalue weighted by atomic mass is 16.5. The number of ether oxygens (including phenoxy) is 2. The van der Waals surface area contributed by atoms with E-state index in [9.17, 15) is 0 Å². The van der Waals surface area contributed by atoms with Gasteiger partial charge >= 0.3 is 0 Å². The van der Waals surface area contributed by atoms with E-state index in [1.54, 1.807) is 0 Å². The summed E-state index contributed by atoms with van der Waals surface area (Å²) in [4.78, 5) is 2.35. The van der Waals surface area contributed by atoms with Crippen LogP contribution in [0.5, 0.6) is 11.5 Å². The molecule has 0 spiro atoms. The fourth-order valence-corrected chi connectivity index (χ4v) is 2.41. The monoisotopic (exact) mass is 279 g/mol. The minimum absolute atomic E-state index is 0.302. The molecule has 1 aromatic carbocycles. The summed E-state index contributed by atoms with van der Waals surface area (Å²) in [5, 5.41) is 9.11. The lowest BCUT2D eigenvalue weighted by Gasteiger charge is -2.16. The number of rotatable bonds is 8. The van der Waals surface area contributed by atoms with Gasteiger partial charge in [-0.3, -0.25) is 4.90 Å². The third-order valence-electron chi connectivity index (χ3n) is 3.60. The highest BCUT2D eigenvalue weighted by Gasteiger charge is 2.20. The summed E-state index contributed by atoms with van der Waals surface area (Å²) in [6, 6.07) is 7.79. The topological polar surface area (TPSA) is 41.9 Å². The van der Waals surface area contributed by atoms with E-state index in [2.05, 4.69) is 11.8 Å². The predicted molar refractivity (Wildman–Crippen MR) is 79.4 cm³/mol. The zero-order valence-corrected chi connectivity index (χ0v) is 12.3. The lowest BCUT2D eigenvalue weighted by atomic mass is 10.1. The summed E-state index contributed by atoms with van der Waals surface area (Å²) >= 11 is 0. The second kappa shape index (κ2) is 8.12. The van der Waals surface area contributed by atoms with Gasteiger partial charge in [0.05, 0.1) is 6.61 Å². The van der Waals surface area contributed by atoms with Gasteiger partial charge in [0.2, 0.25) is 0 Å². The summed E-state index contributed by atoms with van der Waals surface area (Å²) < 4.78 is 11.3. The van der Waals surface area contributed by atoms with E-state index in [0.29, 0.717) is 19.1 Å². The van der Waals surface area contributed by atoms with E-state index in [-0.39, 0.29) is 0 Å². The summed E-state index contributed by atoms with van der Waals surface area (Å²) in [5.41, 5.74) is 0. The molecule has 1 aromatic rings. The number of aliphatic hydroxyl groups excluding tert-OH is 1. The van der Waals surface area contributed by atoms with Crippen LogP contribution in [0.25, 0.3) is 0 Å². The minimum atomic E-state index is 0.302. The normalized spacial score (nSPS) is 19.2. The molecule has 0 amide bonds. The third-order valence-corrected chi connectivity index (χ3v) is 3.60. The third kappa shape index (κ3) is 4.69. The van der Waals surface area contributed by atoms with Crippen molar-refractivity contribution in [3.63, 3.8) is 0 Å². The van der Waals surface area contributed by atoms with Crippen molar-refractivity contribution < 1.29 is 14.6 Å². The molecule has 1 aliphatic heterocycles. The van der Waals surface area contributed by atoms with Crippen LogP contribution in [0.4, 0.5) is 0 Å². The number of nitrogens with zero attached hydrogens (tertiary/aromatic N) is 1. The van der Waals surface area contributed by atoms with Gasteiger partial charge in [0, 0.05) is 19.7 Å². The van der Waals surface area contributed by atoms with Gasteiger partial charge in [0.15, 0.2) is 0 Å². The Morgan fingerprint density at radius 2 is 1.80 bits per heavy atom. The van der Waals surface area contributed by atoms with E-state index < -0.39 is 0 Å². The Morgan fingerprint density at radius 1 is 1.15 bits per heavy atom. The van der Waals surface area contributed by atoms with Crippen molar-refractivity contribution in [3.8, 4) is 11.5 Å². The zero-order chi connectivity index (χ0) is 14.2. The van der Waals surface area contributed by atoms with Crippen LogP contribution in [0.2, 0.25) is 0 Å². The summed E-state index contributed by atoms with van der Waals surface area (Å²) in [7, 11) is 0. The van der Waals surface area contributed by atoms with Gasteiger partial charge in [-0.2, -0.15) is 0 Å². The van der Waals surface area contributed by atoms with Gasteiger partial charge in [0.1, 0.15) is 18.1 Å². The van der Waals surface area contributed by atoms with E-state index in [1.165, 1.54) is 0 Å². The maximum Gasteiger partial charge on any atom is 0.119 e. The van der Waals surface area contributed by atoms with Crippen LogP contribution in [-0.2, 0) is 0 Å². The van der Waals surface area contributed by atoms with Crippen LogP contribution in [0.1, 0.15) is 19.8 Å². The van der Waals surface area contributed by atoms with Gasteiger partial charge in [-0.15, -0.1) is 0 Å². The highest BCUT2D eigenvalue weighted by Crippen LogP contribution is 2.18. The second-order valence-electron chi connectivity index (χ2n) is 5.31. The van der Waals surface area contributed by atoms with Gasteiger partial charge in [-0.05, 0) is 49.6 Å². The van der Waals surface area contributed by atoms with E-state index in [4.69, 9.17) is 14.6 Å². The van der Waals surface area contributed by atoms with Gasteiger partial charge in [-0.25, -0.2) is 0 Å². The van der Waals surface area contributed by atoms with Gasteiger partial charge in [0.25, 0.3) is 0 Å². The molecule has 4 heteroatoms. The molecule has 0 aromatic heterocycles. The van der Waals surface area contributed by atoms with Crippen molar-refractivity contribution in [2.24, 2.45) is 5.92 Å². The molecule has 112 valence electrons. The Hall–Kier alpha value is -1.26. The molecule has 1 N–H and O–H groups in total. The number of likely N-dealkylation sites (tertiary alicyclic amines) is 1. The Bertz CT molecular complexity index is 380. The van der Waals surface area contributed by atoms with Crippen LogP contribution in [-0.4, -0.2) is 49.5 Å². The molecule has 1 unspecified atom stereocenters. The van der Waals surface area contributed by atoms with E-state index >= 15 is 0 Å². The maximum absolute atomic E-state index is 9.11. The molecule has 0 bridgehead atoms. The fourth-order valence-electron chi connectivity index (χ4n) is 2.41. The SMILES string of the molecule is CCCOc1ccc(OCCN2CCC(CO)C2)cc1. The Morgan fingerprint density at radius 3 is 2.35 bits per heavy atom. The first-order chi connectivity index (χ1) is 9.81. The van der Waals surface area contributed by atoms with Gasteiger partial charge < -0.3 is 14.6 Å². The first-order valence-corrected chi connectivity index (χ1v) is 7.50. The average Bonchev–Trinajstić information content (AvgIpc) is 2.94. The van der Waals surface area contributed by atoms with Crippen molar-refractivity contribution >= 4 is 0 Å². The number of hydrogen-bond donors (Lipinski definition) is 1. The molecule has 1 aliphatic rings. The summed E-state index contributed by atoms with van der Waals surface area (Å²) in [5.74, 6) is 2.22. The maximum atomic E-state index is 9.11. The standard InChI is InChI=1S/C16H25NO3/c1-2-10-19-15-3-5-16(6-4-15)20-11-9-17-8-7-14(12-17)13-18/h3-6,14,18H,2,7-13H2,1H3. The van der Waals surface area contributed by atoms with Crippen molar-refractivity contribution in [3.05, 3.63) is 24.3 Å². The van der Waals surface area contributed by atoms with Crippen LogP contribution in [0.3, 0.4) is 0 Å². The Balaban J connectivity index is 1.66. The van der Waals surface area contributed by atoms with Crippen molar-refractivity contribution in [1.29, 1.82) is 0 Å². The molecule has 1 atom stereocenters. The summed E-state index contributed by atoms with van der Waals surface area (Å²) in [6.07, 6.45) is 2.11. The number of benzene rings is 1. The quantitative estimate of drug-likeness (QED) is 0.792. The highest BCUT2D eigenvalue weighted by molar-refractivity contribution is 5.31. The Labute approximate surface area is 121 Å². The van der Waals surface area contributed by atoms with Crippen molar-refractivity contribution in [2.75, 3.05) is 39.5 Å². The summed E-state index contributed by atoms with van der Waals surface area (Å²) in [6.45, 7) is 6.81. The van der Waals surface area contributed by atoms with Crippen molar-refractivity contribution in [2.45, 2.75) is 19.8 Å². The molecular weight excluding hydrogens is 254 g/mol. The van der Waals surface area contributed by atoms with E-state index in [1.807, 2.05) is 24.3 Å². The van der Waals surface area contributed by atoms with E-state index in [0.717, 1.165) is 50.6 Å². The fraction of sp³-hybridized carbons (Fsp3) is 0.625. The molecular formula is C16H25NO3. The molecule has 2 rings (SSSR count). The number of aliphatic hydroxyl groups is 1. The van der Waals surface area contributed by atoms with Crippen LogP contribution >= 0.6 is 0 Å². The average molecular weight is 279 g/mol. The van der Waals surface area contributed by atoms with Crippen LogP contribution < -0.4 is 9.47 Å². The molecule has 0 aliphatic carbocycles.